The Morgan fingerprint density at radius 1 is 1.20 bits per heavy atom. The molecular formula is C30H35N3O6S. The van der Waals surface area contributed by atoms with E-state index < -0.39 is 12.0 Å². The zero-order valence-electron chi connectivity index (χ0n) is 23.8. The number of nitrogens with zero attached hydrogens (tertiary/aromatic N) is 3. The number of hydrogen-bond donors (Lipinski definition) is 0. The molecule has 0 saturated carbocycles. The molecule has 212 valence electrons. The van der Waals surface area contributed by atoms with Crippen LogP contribution in [-0.2, 0) is 20.8 Å². The van der Waals surface area contributed by atoms with E-state index in [0.717, 1.165) is 42.9 Å². The van der Waals surface area contributed by atoms with Crippen LogP contribution in [0.3, 0.4) is 0 Å². The number of fused-ring (bicyclic) bond motifs is 1. The summed E-state index contributed by atoms with van der Waals surface area (Å²) in [5.41, 5.74) is 4.33. The van der Waals surface area contributed by atoms with Gasteiger partial charge in [0.05, 0.1) is 42.7 Å². The van der Waals surface area contributed by atoms with Crippen LogP contribution < -0.4 is 24.4 Å². The number of allylic oxidation sites excluding steroid dienone is 1. The topological polar surface area (TPSA) is 93.3 Å². The SMILES string of the molecule is CCOC(=O)C1=C(C)N=c2s/c(=C\c3cc(C)n(C[C@@H]4CCCO4)c3C)c(=O)n2[C@H]1c1cc(OC)ccc1OC. The molecule has 9 nitrogen and oxygen atoms in total. The van der Waals surface area contributed by atoms with Gasteiger partial charge < -0.3 is 23.5 Å². The van der Waals surface area contributed by atoms with E-state index >= 15 is 0 Å². The second-order valence-electron chi connectivity index (χ2n) is 9.98. The number of benzene rings is 1. The summed E-state index contributed by atoms with van der Waals surface area (Å²) in [4.78, 5) is 32.5. The van der Waals surface area contributed by atoms with Crippen molar-refractivity contribution >= 4 is 23.4 Å². The molecular weight excluding hydrogens is 530 g/mol. The molecule has 3 aromatic rings. The molecule has 40 heavy (non-hydrogen) atoms. The average molecular weight is 566 g/mol. The van der Waals surface area contributed by atoms with Gasteiger partial charge in [0.15, 0.2) is 4.80 Å². The Hall–Kier alpha value is -3.63. The molecule has 4 heterocycles. The standard InChI is InChI=1S/C30H35N3O6S/c1-7-38-29(35)26-18(3)31-30-33(27(26)23-15-21(36-5)10-11-24(23)37-6)28(34)25(40-30)14-20-13-17(2)32(19(20)4)16-22-9-8-12-39-22/h10-11,13-15,22,27H,7-9,12,16H2,1-6H3/b25-14-/t22-,27-/m0/s1. The Kier molecular flexibility index (Phi) is 8.00. The molecule has 10 heteroatoms. The second-order valence-corrected chi connectivity index (χ2v) is 11.0. The third-order valence-electron chi connectivity index (χ3n) is 7.56. The van der Waals surface area contributed by atoms with Crippen LogP contribution in [0, 0.1) is 13.8 Å². The number of ether oxygens (including phenoxy) is 4. The lowest BCUT2D eigenvalue weighted by Crippen LogP contribution is -2.40. The van der Waals surface area contributed by atoms with Crippen molar-refractivity contribution in [2.75, 3.05) is 27.4 Å². The maximum atomic E-state index is 14.1. The smallest absolute Gasteiger partial charge is 0.338 e. The molecule has 1 fully saturated rings. The molecule has 2 aromatic heterocycles. The summed E-state index contributed by atoms with van der Waals surface area (Å²) in [6, 6.07) is 6.64. The fraction of sp³-hybridized carbons (Fsp3) is 0.433. The number of esters is 1. The Bertz CT molecular complexity index is 1660. The first-order chi connectivity index (χ1) is 19.3. The summed E-state index contributed by atoms with van der Waals surface area (Å²) < 4.78 is 26.8. The van der Waals surface area contributed by atoms with E-state index in [-0.39, 0.29) is 18.3 Å². The van der Waals surface area contributed by atoms with Crippen molar-refractivity contribution in [2.24, 2.45) is 4.99 Å². The van der Waals surface area contributed by atoms with Crippen molar-refractivity contribution < 1.29 is 23.7 Å². The molecule has 0 aliphatic carbocycles. The summed E-state index contributed by atoms with van der Waals surface area (Å²) in [7, 11) is 3.13. The molecule has 0 amide bonds. The number of thiazole rings is 1. The number of aryl methyl sites for hydroxylation is 1. The quantitative estimate of drug-likeness (QED) is 0.389. The van der Waals surface area contributed by atoms with Gasteiger partial charge in [-0.05, 0) is 76.4 Å². The lowest BCUT2D eigenvalue weighted by Gasteiger charge is -2.26. The maximum Gasteiger partial charge on any atom is 0.338 e. The van der Waals surface area contributed by atoms with Gasteiger partial charge in [-0.2, -0.15) is 0 Å². The Labute approximate surface area is 237 Å². The lowest BCUT2D eigenvalue weighted by atomic mass is 9.94. The minimum atomic E-state index is -0.797. The van der Waals surface area contributed by atoms with Gasteiger partial charge in [0.25, 0.3) is 5.56 Å². The predicted octanol–water partition coefficient (Wildman–Crippen LogP) is 3.41. The zero-order chi connectivity index (χ0) is 28.6. The highest BCUT2D eigenvalue weighted by atomic mass is 32.1. The number of rotatable bonds is 8. The van der Waals surface area contributed by atoms with Crippen LogP contribution in [0.2, 0.25) is 0 Å². The highest BCUT2D eigenvalue weighted by Gasteiger charge is 2.35. The fourth-order valence-electron chi connectivity index (χ4n) is 5.53. The van der Waals surface area contributed by atoms with Crippen LogP contribution in [0.5, 0.6) is 11.5 Å². The van der Waals surface area contributed by atoms with Crippen LogP contribution in [-0.4, -0.2) is 48.6 Å². The number of carbonyl (C=O) groups excluding carboxylic acids is 1. The van der Waals surface area contributed by atoms with E-state index in [4.69, 9.17) is 18.9 Å². The van der Waals surface area contributed by atoms with E-state index in [1.807, 2.05) is 6.08 Å². The van der Waals surface area contributed by atoms with Crippen LogP contribution in [0.15, 0.2) is 45.3 Å². The van der Waals surface area contributed by atoms with E-state index in [1.165, 1.54) is 11.3 Å². The van der Waals surface area contributed by atoms with Crippen LogP contribution in [0.4, 0.5) is 0 Å². The third-order valence-corrected chi connectivity index (χ3v) is 8.54. The Balaban J connectivity index is 1.68. The first-order valence-electron chi connectivity index (χ1n) is 13.5. The highest BCUT2D eigenvalue weighted by molar-refractivity contribution is 7.07. The summed E-state index contributed by atoms with van der Waals surface area (Å²) >= 11 is 1.30. The molecule has 2 aliphatic rings. The predicted molar refractivity (Wildman–Crippen MR) is 153 cm³/mol. The van der Waals surface area contributed by atoms with Gasteiger partial charge in [-0.3, -0.25) is 9.36 Å². The minimum Gasteiger partial charge on any atom is -0.497 e. The number of hydrogen-bond acceptors (Lipinski definition) is 8. The first-order valence-corrected chi connectivity index (χ1v) is 14.3. The summed E-state index contributed by atoms with van der Waals surface area (Å²) in [6.07, 6.45) is 4.28. The van der Waals surface area contributed by atoms with Gasteiger partial charge in [0.1, 0.15) is 17.5 Å². The van der Waals surface area contributed by atoms with Gasteiger partial charge in [0, 0.05) is 30.1 Å². The monoisotopic (exact) mass is 565 g/mol. The first kappa shape index (κ1) is 27.9. The molecule has 2 aliphatic heterocycles. The summed E-state index contributed by atoms with van der Waals surface area (Å²) in [5.74, 6) is 0.578. The molecule has 0 spiro atoms. The maximum absolute atomic E-state index is 14.1. The molecule has 5 rings (SSSR count). The van der Waals surface area contributed by atoms with Crippen molar-refractivity contribution in [1.82, 2.24) is 9.13 Å². The molecule has 0 bridgehead atoms. The molecule has 0 unspecified atom stereocenters. The van der Waals surface area contributed by atoms with Crippen LogP contribution in [0.1, 0.15) is 55.2 Å². The van der Waals surface area contributed by atoms with Gasteiger partial charge in [0.2, 0.25) is 0 Å². The van der Waals surface area contributed by atoms with Crippen molar-refractivity contribution in [3.63, 3.8) is 0 Å². The van der Waals surface area contributed by atoms with E-state index in [2.05, 4.69) is 29.5 Å². The van der Waals surface area contributed by atoms with Gasteiger partial charge in [-0.25, -0.2) is 9.79 Å². The fourth-order valence-corrected chi connectivity index (χ4v) is 6.56. The lowest BCUT2D eigenvalue weighted by molar-refractivity contribution is -0.139. The number of carbonyl (C=O) groups is 1. The van der Waals surface area contributed by atoms with E-state index in [0.29, 0.717) is 37.7 Å². The summed E-state index contributed by atoms with van der Waals surface area (Å²) in [5, 5.41) is 0. The Morgan fingerprint density at radius 2 is 2.00 bits per heavy atom. The van der Waals surface area contributed by atoms with Crippen LogP contribution in [0.25, 0.3) is 6.08 Å². The van der Waals surface area contributed by atoms with Crippen molar-refractivity contribution in [3.05, 3.63) is 77.7 Å². The molecule has 1 saturated heterocycles. The average Bonchev–Trinajstić information content (AvgIpc) is 3.63. The van der Waals surface area contributed by atoms with E-state index in [1.54, 1.807) is 50.8 Å². The molecule has 0 radical (unpaired) electrons. The zero-order valence-corrected chi connectivity index (χ0v) is 24.6. The van der Waals surface area contributed by atoms with Crippen LogP contribution >= 0.6 is 11.3 Å². The van der Waals surface area contributed by atoms with Crippen molar-refractivity contribution in [1.29, 1.82) is 0 Å². The van der Waals surface area contributed by atoms with Gasteiger partial charge in [-0.1, -0.05) is 11.3 Å². The molecule has 2 atom stereocenters. The number of methoxy groups -OCH3 is 2. The summed E-state index contributed by atoms with van der Waals surface area (Å²) in [6.45, 7) is 9.46. The van der Waals surface area contributed by atoms with Crippen molar-refractivity contribution in [2.45, 2.75) is 59.2 Å². The number of aromatic nitrogens is 2. The van der Waals surface area contributed by atoms with E-state index in [9.17, 15) is 9.59 Å². The Morgan fingerprint density at radius 3 is 2.67 bits per heavy atom. The van der Waals surface area contributed by atoms with Gasteiger partial charge in [-0.15, -0.1) is 0 Å². The second kappa shape index (κ2) is 11.5. The largest absolute Gasteiger partial charge is 0.497 e. The van der Waals surface area contributed by atoms with Crippen molar-refractivity contribution in [3.8, 4) is 11.5 Å². The minimum absolute atomic E-state index is 0.198. The third kappa shape index (κ3) is 5.01. The molecule has 0 N–H and O–H groups in total. The molecule has 1 aromatic carbocycles. The normalized spacial score (nSPS) is 19.0. The van der Waals surface area contributed by atoms with Gasteiger partial charge >= 0.3 is 5.97 Å². The highest BCUT2D eigenvalue weighted by Crippen LogP contribution is 2.37.